The Kier molecular flexibility index (Phi) is 7.40. The number of aliphatic carboxylic acids is 1. The molecule has 1 atom stereocenters. The molecule has 0 bridgehead atoms. The van der Waals surface area contributed by atoms with Crippen molar-refractivity contribution < 1.29 is 29.3 Å². The number of fused-ring (bicyclic) bond motifs is 3. The van der Waals surface area contributed by atoms with Crippen molar-refractivity contribution in [1.82, 2.24) is 10.2 Å². The largest absolute Gasteiger partial charge is 0.479 e. The van der Waals surface area contributed by atoms with Crippen LogP contribution < -0.4 is 5.32 Å². The van der Waals surface area contributed by atoms with Gasteiger partial charge in [0.05, 0.1) is 0 Å². The van der Waals surface area contributed by atoms with E-state index in [1.807, 2.05) is 31.2 Å². The quantitative estimate of drug-likeness (QED) is 0.532. The summed E-state index contributed by atoms with van der Waals surface area (Å²) in [7, 11) is 0. The highest BCUT2D eigenvalue weighted by molar-refractivity contribution is 5.80. The number of rotatable bonds is 8. The van der Waals surface area contributed by atoms with Gasteiger partial charge < -0.3 is 25.2 Å². The van der Waals surface area contributed by atoms with E-state index in [4.69, 9.17) is 9.84 Å². The third kappa shape index (κ3) is 5.32. The first-order valence-electron chi connectivity index (χ1n) is 12.2. The van der Waals surface area contributed by atoms with Gasteiger partial charge in [0.2, 0.25) is 5.91 Å². The Bertz CT molecular complexity index is 1050. The molecule has 1 aliphatic heterocycles. The summed E-state index contributed by atoms with van der Waals surface area (Å²) < 4.78 is 5.61. The maximum atomic E-state index is 12.6. The summed E-state index contributed by atoms with van der Waals surface area (Å²) >= 11 is 0. The molecule has 1 heterocycles. The summed E-state index contributed by atoms with van der Waals surface area (Å²) in [6.07, 6.45) is 0.867. The highest BCUT2D eigenvalue weighted by atomic mass is 16.5. The number of aliphatic hydroxyl groups is 1. The number of carboxylic acids is 1. The fourth-order valence-electron chi connectivity index (χ4n) is 4.98. The van der Waals surface area contributed by atoms with Gasteiger partial charge in [0.15, 0.2) is 5.60 Å². The van der Waals surface area contributed by atoms with Gasteiger partial charge in [-0.1, -0.05) is 55.5 Å². The van der Waals surface area contributed by atoms with Crippen LogP contribution in [0.5, 0.6) is 0 Å². The summed E-state index contributed by atoms with van der Waals surface area (Å²) in [5, 5.41) is 22.0. The average Bonchev–Trinajstić information content (AvgIpc) is 3.19. The number of benzene rings is 2. The van der Waals surface area contributed by atoms with Crippen LogP contribution in [0, 0.1) is 0 Å². The number of carboxylic acid groups (broad SMARTS) is 1. The fourth-order valence-corrected chi connectivity index (χ4v) is 4.98. The van der Waals surface area contributed by atoms with E-state index in [1.165, 1.54) is 11.1 Å². The van der Waals surface area contributed by atoms with Gasteiger partial charge in [-0.25, -0.2) is 9.59 Å². The SMILES string of the molecule is CCC(CCC(=O)N1CCC(O)(C(=O)O)CC1)NC(=O)OCC1c2ccccc2-c2ccccc21. The fraction of sp³-hybridized carbons (Fsp3) is 0.444. The highest BCUT2D eigenvalue weighted by Gasteiger charge is 2.40. The van der Waals surface area contributed by atoms with E-state index in [-0.39, 0.29) is 56.8 Å². The van der Waals surface area contributed by atoms with Crippen LogP contribution in [-0.2, 0) is 14.3 Å². The number of likely N-dealkylation sites (tertiary alicyclic amines) is 1. The number of nitrogens with one attached hydrogen (secondary N) is 1. The first-order valence-corrected chi connectivity index (χ1v) is 12.2. The van der Waals surface area contributed by atoms with Crippen LogP contribution in [0.4, 0.5) is 4.79 Å². The zero-order valence-electron chi connectivity index (χ0n) is 19.9. The third-order valence-electron chi connectivity index (χ3n) is 7.21. The van der Waals surface area contributed by atoms with Gasteiger partial charge >= 0.3 is 12.1 Å². The minimum atomic E-state index is -1.76. The first kappa shape index (κ1) is 24.7. The van der Waals surface area contributed by atoms with Crippen LogP contribution in [0.1, 0.15) is 56.1 Å². The smallest absolute Gasteiger partial charge is 0.407 e. The van der Waals surface area contributed by atoms with E-state index >= 15 is 0 Å². The van der Waals surface area contributed by atoms with Crippen LogP contribution in [-0.4, -0.2) is 64.4 Å². The Hall–Kier alpha value is -3.39. The lowest BCUT2D eigenvalue weighted by molar-refractivity contribution is -0.165. The average molecular weight is 481 g/mol. The lowest BCUT2D eigenvalue weighted by Crippen LogP contribution is -2.51. The van der Waals surface area contributed by atoms with Crippen LogP contribution in [0.2, 0.25) is 0 Å². The molecule has 0 spiro atoms. The lowest BCUT2D eigenvalue weighted by Gasteiger charge is -2.35. The molecule has 1 fully saturated rings. The van der Waals surface area contributed by atoms with Crippen molar-refractivity contribution >= 4 is 18.0 Å². The summed E-state index contributed by atoms with van der Waals surface area (Å²) in [6, 6.07) is 16.1. The second-order valence-corrected chi connectivity index (χ2v) is 9.33. The number of hydrogen-bond acceptors (Lipinski definition) is 5. The zero-order valence-corrected chi connectivity index (χ0v) is 19.9. The second-order valence-electron chi connectivity index (χ2n) is 9.33. The molecule has 0 aromatic heterocycles. The number of nitrogens with zero attached hydrogens (tertiary/aromatic N) is 1. The molecule has 8 nitrogen and oxygen atoms in total. The van der Waals surface area contributed by atoms with Gasteiger partial charge in [-0.05, 0) is 35.1 Å². The Labute approximate surface area is 204 Å². The number of hydrogen-bond donors (Lipinski definition) is 3. The maximum absolute atomic E-state index is 12.6. The van der Waals surface area contributed by atoms with Crippen LogP contribution in [0.3, 0.4) is 0 Å². The van der Waals surface area contributed by atoms with E-state index in [2.05, 4.69) is 29.6 Å². The molecule has 1 aliphatic carbocycles. The van der Waals surface area contributed by atoms with Crippen molar-refractivity contribution in [3.05, 3.63) is 59.7 Å². The van der Waals surface area contributed by atoms with Crippen molar-refractivity contribution in [1.29, 1.82) is 0 Å². The molecule has 2 aromatic carbocycles. The third-order valence-corrected chi connectivity index (χ3v) is 7.21. The molecule has 2 amide bonds. The molecule has 0 saturated carbocycles. The summed E-state index contributed by atoms with van der Waals surface area (Å²) in [4.78, 5) is 37.9. The van der Waals surface area contributed by atoms with E-state index in [0.717, 1.165) is 11.1 Å². The number of ether oxygens (including phenoxy) is 1. The molecule has 2 aromatic rings. The molecular formula is C27H32N2O6. The number of piperidine rings is 1. The van der Waals surface area contributed by atoms with Crippen molar-refractivity contribution in [2.45, 2.75) is 56.6 Å². The van der Waals surface area contributed by atoms with Gasteiger partial charge in [-0.2, -0.15) is 0 Å². The molecule has 2 aliphatic rings. The van der Waals surface area contributed by atoms with Crippen molar-refractivity contribution in [2.75, 3.05) is 19.7 Å². The van der Waals surface area contributed by atoms with E-state index in [1.54, 1.807) is 4.90 Å². The number of carbonyl (C=O) groups is 3. The second kappa shape index (κ2) is 10.5. The molecule has 4 rings (SSSR count). The van der Waals surface area contributed by atoms with Crippen molar-refractivity contribution in [3.8, 4) is 11.1 Å². The Balaban J connectivity index is 1.26. The minimum absolute atomic E-state index is 0.0154. The lowest BCUT2D eigenvalue weighted by atomic mass is 9.91. The van der Waals surface area contributed by atoms with Crippen molar-refractivity contribution in [3.63, 3.8) is 0 Å². The first-order chi connectivity index (χ1) is 16.8. The molecule has 8 heteroatoms. The minimum Gasteiger partial charge on any atom is -0.479 e. The molecule has 3 N–H and O–H groups in total. The van der Waals surface area contributed by atoms with E-state index < -0.39 is 17.7 Å². The summed E-state index contributed by atoms with van der Waals surface area (Å²) in [5.74, 6) is -1.37. The highest BCUT2D eigenvalue weighted by Crippen LogP contribution is 2.44. The number of carbonyl (C=O) groups excluding carboxylic acids is 2. The molecule has 186 valence electrons. The number of alkyl carbamates (subject to hydrolysis) is 1. The molecule has 0 radical (unpaired) electrons. The zero-order chi connectivity index (χ0) is 25.0. The van der Waals surface area contributed by atoms with Crippen LogP contribution >= 0.6 is 0 Å². The molecule has 1 unspecified atom stereocenters. The standard InChI is InChI=1S/C27H32N2O6/c1-2-18(11-12-24(30)29-15-13-27(34,14-16-29)25(31)32)28-26(33)35-17-23-21-9-5-3-7-19(21)20-8-4-6-10-22(20)23/h3-10,18,23,34H,2,11-17H2,1H3,(H,28,33)(H,31,32). The predicted molar refractivity (Wildman–Crippen MR) is 130 cm³/mol. The van der Waals surface area contributed by atoms with Crippen molar-refractivity contribution in [2.24, 2.45) is 0 Å². The monoisotopic (exact) mass is 480 g/mol. The molecule has 35 heavy (non-hydrogen) atoms. The van der Waals surface area contributed by atoms with Gasteiger partial charge in [-0.15, -0.1) is 0 Å². The van der Waals surface area contributed by atoms with Gasteiger partial charge in [0.1, 0.15) is 6.61 Å². The van der Waals surface area contributed by atoms with Gasteiger partial charge in [-0.3, -0.25) is 4.79 Å². The van der Waals surface area contributed by atoms with Crippen LogP contribution in [0.25, 0.3) is 11.1 Å². The normalized spacial score (nSPS) is 17.3. The molecule has 1 saturated heterocycles. The van der Waals surface area contributed by atoms with Gasteiger partial charge in [0.25, 0.3) is 0 Å². The Morgan fingerprint density at radius 1 is 1.06 bits per heavy atom. The van der Waals surface area contributed by atoms with Crippen LogP contribution in [0.15, 0.2) is 48.5 Å². The van der Waals surface area contributed by atoms with E-state index in [9.17, 15) is 19.5 Å². The summed E-state index contributed by atoms with van der Waals surface area (Å²) in [5.41, 5.74) is 2.88. The topological polar surface area (TPSA) is 116 Å². The van der Waals surface area contributed by atoms with E-state index in [0.29, 0.717) is 12.8 Å². The predicted octanol–water partition coefficient (Wildman–Crippen LogP) is 3.52. The maximum Gasteiger partial charge on any atom is 0.407 e. The summed E-state index contributed by atoms with van der Waals surface area (Å²) in [6.45, 7) is 2.58. The Morgan fingerprint density at radius 2 is 1.63 bits per heavy atom. The molecular weight excluding hydrogens is 448 g/mol. The number of amides is 2. The van der Waals surface area contributed by atoms with Gasteiger partial charge in [0, 0.05) is 44.3 Å². The Morgan fingerprint density at radius 3 is 2.17 bits per heavy atom.